The van der Waals surface area contributed by atoms with Gasteiger partial charge in [0.05, 0.1) is 6.04 Å². The Hall–Kier alpha value is -1.90. The van der Waals surface area contributed by atoms with Crippen LogP contribution in [0.15, 0.2) is 36.4 Å². The van der Waals surface area contributed by atoms with Gasteiger partial charge in [-0.1, -0.05) is 23.8 Å². The number of allylic oxidation sites excluding steroid dienone is 1. The molecule has 0 fully saturated rings. The molecule has 18 heavy (non-hydrogen) atoms. The molecule has 1 heterocycles. The predicted octanol–water partition coefficient (Wildman–Crippen LogP) is 2.79. The van der Waals surface area contributed by atoms with Crippen molar-refractivity contribution in [1.29, 1.82) is 0 Å². The highest BCUT2D eigenvalue weighted by Gasteiger charge is 2.29. The zero-order valence-electron chi connectivity index (χ0n) is 10.5. The van der Waals surface area contributed by atoms with Crippen molar-refractivity contribution in [3.8, 4) is 0 Å². The first kappa shape index (κ1) is 12.6. The molecule has 1 aromatic carbocycles. The van der Waals surface area contributed by atoms with Crippen LogP contribution in [0.3, 0.4) is 0 Å². The number of hydrogen-bond acceptors (Lipinski definition) is 2. The summed E-state index contributed by atoms with van der Waals surface area (Å²) in [7, 11) is 0. The van der Waals surface area contributed by atoms with Crippen LogP contribution in [0.25, 0.3) is 0 Å². The van der Waals surface area contributed by atoms with Gasteiger partial charge in [0.1, 0.15) is 5.78 Å². The summed E-state index contributed by atoms with van der Waals surface area (Å²) in [6.45, 7) is 5.70. The Labute approximate surface area is 107 Å². The third kappa shape index (κ3) is 2.67. The van der Waals surface area contributed by atoms with E-state index in [2.05, 4.69) is 11.9 Å². The second-order valence-corrected chi connectivity index (χ2v) is 4.81. The van der Waals surface area contributed by atoms with Gasteiger partial charge in [0.15, 0.2) is 0 Å². The van der Waals surface area contributed by atoms with Crippen molar-refractivity contribution < 1.29 is 9.59 Å². The van der Waals surface area contributed by atoms with E-state index < -0.39 is 0 Å². The molecule has 0 aliphatic carbocycles. The third-order valence-electron chi connectivity index (χ3n) is 3.15. The van der Waals surface area contributed by atoms with Gasteiger partial charge >= 0.3 is 0 Å². The van der Waals surface area contributed by atoms with Gasteiger partial charge in [-0.05, 0) is 25.0 Å². The van der Waals surface area contributed by atoms with Gasteiger partial charge in [0.25, 0.3) is 5.91 Å². The van der Waals surface area contributed by atoms with Crippen molar-refractivity contribution in [1.82, 2.24) is 5.32 Å². The molecule has 0 bridgehead atoms. The predicted molar refractivity (Wildman–Crippen MR) is 70.3 cm³/mol. The average Bonchev–Trinajstić information content (AvgIpc) is 2.65. The lowest BCUT2D eigenvalue weighted by Crippen LogP contribution is -2.21. The lowest BCUT2D eigenvalue weighted by atomic mass is 9.98. The number of benzene rings is 1. The second kappa shape index (κ2) is 5.17. The molecule has 1 aliphatic rings. The molecule has 94 valence electrons. The summed E-state index contributed by atoms with van der Waals surface area (Å²) in [6.07, 6.45) is 1.60. The van der Waals surface area contributed by atoms with Gasteiger partial charge < -0.3 is 5.32 Å². The van der Waals surface area contributed by atoms with E-state index in [1.54, 1.807) is 6.07 Å². The Morgan fingerprint density at radius 1 is 1.33 bits per heavy atom. The van der Waals surface area contributed by atoms with Crippen LogP contribution in [0.1, 0.15) is 48.1 Å². The van der Waals surface area contributed by atoms with Crippen molar-refractivity contribution in [2.24, 2.45) is 0 Å². The maximum atomic E-state index is 11.8. The summed E-state index contributed by atoms with van der Waals surface area (Å²) in [4.78, 5) is 23.5. The Morgan fingerprint density at radius 2 is 2.06 bits per heavy atom. The summed E-state index contributed by atoms with van der Waals surface area (Å²) in [6, 6.07) is 7.27. The Kier molecular flexibility index (Phi) is 3.60. The van der Waals surface area contributed by atoms with Crippen LogP contribution in [0.2, 0.25) is 0 Å². The third-order valence-corrected chi connectivity index (χ3v) is 3.15. The molecule has 0 radical (unpaired) electrons. The molecule has 1 N–H and O–H groups in total. The molecule has 1 unspecified atom stereocenters. The van der Waals surface area contributed by atoms with Crippen molar-refractivity contribution in [3.63, 3.8) is 0 Å². The molecule has 0 saturated heterocycles. The van der Waals surface area contributed by atoms with Gasteiger partial charge in [0, 0.05) is 18.4 Å². The zero-order valence-corrected chi connectivity index (χ0v) is 10.5. The maximum absolute atomic E-state index is 11.8. The number of ketones is 1. The lowest BCUT2D eigenvalue weighted by molar-refractivity contribution is -0.119. The molecule has 3 heteroatoms. The topological polar surface area (TPSA) is 46.2 Å². The normalized spacial score (nSPS) is 17.2. The van der Waals surface area contributed by atoms with Crippen LogP contribution < -0.4 is 5.32 Å². The fourth-order valence-corrected chi connectivity index (χ4v) is 2.16. The number of fused-ring (bicyclic) bond motifs is 1. The summed E-state index contributed by atoms with van der Waals surface area (Å²) >= 11 is 0. The van der Waals surface area contributed by atoms with Crippen LogP contribution in [0, 0.1) is 0 Å². The molecule has 1 atom stereocenters. The highest BCUT2D eigenvalue weighted by molar-refractivity contribution is 5.99. The standard InChI is InChI=1S/C15H17NO2/c1-10(2)7-8-11(17)9-14-12-5-3-4-6-13(12)15(18)16-14/h3-6,14H,1,7-9H2,2H3,(H,16,18). The monoisotopic (exact) mass is 243 g/mol. The highest BCUT2D eigenvalue weighted by atomic mass is 16.2. The smallest absolute Gasteiger partial charge is 0.252 e. The van der Waals surface area contributed by atoms with Gasteiger partial charge in [-0.3, -0.25) is 9.59 Å². The van der Waals surface area contributed by atoms with Gasteiger partial charge in [-0.25, -0.2) is 0 Å². The van der Waals surface area contributed by atoms with Crippen molar-refractivity contribution in [2.45, 2.75) is 32.2 Å². The minimum atomic E-state index is -0.161. The summed E-state index contributed by atoms with van der Waals surface area (Å²) in [5.74, 6) is 0.0864. The maximum Gasteiger partial charge on any atom is 0.252 e. The fourth-order valence-electron chi connectivity index (χ4n) is 2.16. The number of amides is 1. The van der Waals surface area contributed by atoms with E-state index in [0.717, 1.165) is 17.6 Å². The molecule has 0 spiro atoms. The van der Waals surface area contributed by atoms with Gasteiger partial charge in [-0.2, -0.15) is 0 Å². The van der Waals surface area contributed by atoms with E-state index in [-0.39, 0.29) is 17.7 Å². The van der Waals surface area contributed by atoms with Crippen molar-refractivity contribution >= 4 is 11.7 Å². The average molecular weight is 243 g/mol. The van der Waals surface area contributed by atoms with Crippen LogP contribution in [-0.4, -0.2) is 11.7 Å². The van der Waals surface area contributed by atoms with E-state index in [0.29, 0.717) is 18.4 Å². The van der Waals surface area contributed by atoms with Gasteiger partial charge in [0.2, 0.25) is 0 Å². The molecule has 2 rings (SSSR count). The number of Topliss-reactive ketones (excluding diaryl/α,β-unsaturated/α-hetero) is 1. The summed E-state index contributed by atoms with van der Waals surface area (Å²) < 4.78 is 0. The van der Waals surface area contributed by atoms with Gasteiger partial charge in [-0.15, -0.1) is 6.58 Å². The largest absolute Gasteiger partial charge is 0.345 e. The summed E-state index contributed by atoms with van der Waals surface area (Å²) in [5, 5.41) is 2.86. The lowest BCUT2D eigenvalue weighted by Gasteiger charge is -2.10. The fraction of sp³-hybridized carbons (Fsp3) is 0.333. The number of rotatable bonds is 5. The zero-order chi connectivity index (χ0) is 13.1. The van der Waals surface area contributed by atoms with E-state index >= 15 is 0 Å². The van der Waals surface area contributed by atoms with Crippen LogP contribution in [0.4, 0.5) is 0 Å². The number of carbonyl (C=O) groups excluding carboxylic acids is 2. The first-order chi connectivity index (χ1) is 8.58. The molecule has 1 amide bonds. The molecule has 3 nitrogen and oxygen atoms in total. The molecule has 1 aliphatic heterocycles. The van der Waals surface area contributed by atoms with Crippen LogP contribution >= 0.6 is 0 Å². The summed E-state index contributed by atoms with van der Waals surface area (Å²) in [5.41, 5.74) is 2.64. The number of nitrogens with one attached hydrogen (secondary N) is 1. The first-order valence-corrected chi connectivity index (χ1v) is 6.14. The number of carbonyl (C=O) groups is 2. The van der Waals surface area contributed by atoms with Crippen LogP contribution in [-0.2, 0) is 4.79 Å². The number of hydrogen-bond donors (Lipinski definition) is 1. The van der Waals surface area contributed by atoms with E-state index in [1.165, 1.54) is 0 Å². The highest BCUT2D eigenvalue weighted by Crippen LogP contribution is 2.28. The van der Waals surface area contributed by atoms with Crippen LogP contribution in [0.5, 0.6) is 0 Å². The van der Waals surface area contributed by atoms with Crippen molar-refractivity contribution in [3.05, 3.63) is 47.5 Å². The molecular weight excluding hydrogens is 226 g/mol. The Balaban J connectivity index is 2.02. The minimum absolute atomic E-state index is 0.0803. The minimum Gasteiger partial charge on any atom is -0.345 e. The SMILES string of the molecule is C=C(C)CCC(=O)CC1NC(=O)c2ccccc21. The van der Waals surface area contributed by atoms with E-state index in [4.69, 9.17) is 0 Å². The molecule has 0 aromatic heterocycles. The molecule has 1 aromatic rings. The second-order valence-electron chi connectivity index (χ2n) is 4.81. The van der Waals surface area contributed by atoms with E-state index in [1.807, 2.05) is 25.1 Å². The Morgan fingerprint density at radius 3 is 2.78 bits per heavy atom. The quantitative estimate of drug-likeness (QED) is 0.808. The molecule has 0 saturated carbocycles. The van der Waals surface area contributed by atoms with Crippen molar-refractivity contribution in [2.75, 3.05) is 0 Å². The first-order valence-electron chi connectivity index (χ1n) is 6.14. The Bertz CT molecular complexity index is 505. The molecular formula is C15H17NO2. The van der Waals surface area contributed by atoms with E-state index in [9.17, 15) is 9.59 Å².